The zero-order valence-electron chi connectivity index (χ0n) is 17.1. The van der Waals surface area contributed by atoms with Crippen molar-refractivity contribution in [2.75, 3.05) is 0 Å². The van der Waals surface area contributed by atoms with Crippen molar-refractivity contribution in [3.63, 3.8) is 0 Å². The van der Waals surface area contributed by atoms with E-state index in [1.807, 2.05) is 0 Å². The largest absolute Gasteiger partial charge is 0.481 e. The summed E-state index contributed by atoms with van der Waals surface area (Å²) in [6, 6.07) is 0. The number of hydrogen-bond acceptors (Lipinski definition) is 3. The molecule has 0 saturated carbocycles. The Morgan fingerprint density at radius 3 is 2.50 bits per heavy atom. The van der Waals surface area contributed by atoms with Crippen LogP contribution < -0.4 is 0 Å². The molecule has 1 fully saturated rings. The second-order valence-corrected chi connectivity index (χ2v) is 7.92. The molecule has 1 heterocycles. The van der Waals surface area contributed by atoms with Gasteiger partial charge in [-0.25, -0.2) is 9.78 Å². The first kappa shape index (κ1) is 23.2. The molecular formula is C22H40O4. The van der Waals surface area contributed by atoms with Crippen LogP contribution in [0.4, 0.5) is 0 Å². The maximum atomic E-state index is 10.6. The van der Waals surface area contributed by atoms with E-state index >= 15 is 0 Å². The standard InChI is InChI=1S/C22H40O4/c1-4-5-6-7-8-11-14-18(2)20(21-17-19(3)25-26-21)15-12-9-10-13-16-22(23)24/h11,14,18-21H,4-10,12-13,15-17H2,1-3H3,(H,23,24)/b14-11+. The van der Waals surface area contributed by atoms with Crippen molar-refractivity contribution < 1.29 is 19.7 Å². The minimum Gasteiger partial charge on any atom is -0.481 e. The van der Waals surface area contributed by atoms with Crippen LogP contribution in [-0.2, 0) is 14.6 Å². The topological polar surface area (TPSA) is 55.8 Å². The molecule has 4 unspecified atom stereocenters. The molecule has 4 heteroatoms. The van der Waals surface area contributed by atoms with Crippen LogP contribution in [0.1, 0.15) is 97.8 Å². The lowest BCUT2D eigenvalue weighted by molar-refractivity contribution is -0.302. The summed E-state index contributed by atoms with van der Waals surface area (Å²) in [5.74, 6) is 0.275. The molecule has 1 saturated heterocycles. The molecule has 0 spiro atoms. The summed E-state index contributed by atoms with van der Waals surface area (Å²) in [5, 5.41) is 8.71. The lowest BCUT2D eigenvalue weighted by Crippen LogP contribution is -2.25. The second kappa shape index (κ2) is 14.2. The fraction of sp³-hybridized carbons (Fsp3) is 0.864. The number of carbonyl (C=O) groups is 1. The lowest BCUT2D eigenvalue weighted by Gasteiger charge is -2.25. The molecule has 0 aromatic heterocycles. The van der Waals surface area contributed by atoms with Crippen LogP contribution in [-0.4, -0.2) is 23.3 Å². The van der Waals surface area contributed by atoms with Gasteiger partial charge >= 0.3 is 5.97 Å². The van der Waals surface area contributed by atoms with E-state index in [0.717, 1.165) is 38.5 Å². The molecule has 0 aliphatic carbocycles. The molecule has 0 radical (unpaired) electrons. The first-order chi connectivity index (χ1) is 12.5. The predicted molar refractivity (Wildman–Crippen MR) is 106 cm³/mol. The third-order valence-corrected chi connectivity index (χ3v) is 5.40. The second-order valence-electron chi connectivity index (χ2n) is 7.92. The number of rotatable bonds is 15. The lowest BCUT2D eigenvalue weighted by atomic mass is 9.82. The van der Waals surface area contributed by atoms with Crippen molar-refractivity contribution in [2.24, 2.45) is 11.8 Å². The van der Waals surface area contributed by atoms with Crippen molar-refractivity contribution in [3.8, 4) is 0 Å². The molecule has 0 bridgehead atoms. The molecule has 4 atom stereocenters. The Morgan fingerprint density at radius 2 is 1.85 bits per heavy atom. The molecule has 152 valence electrons. The Labute approximate surface area is 160 Å². The average Bonchev–Trinajstić information content (AvgIpc) is 3.02. The zero-order valence-corrected chi connectivity index (χ0v) is 17.1. The highest BCUT2D eigenvalue weighted by Crippen LogP contribution is 2.33. The van der Waals surface area contributed by atoms with Crippen molar-refractivity contribution in [1.82, 2.24) is 0 Å². The van der Waals surface area contributed by atoms with Gasteiger partial charge in [0.2, 0.25) is 0 Å². The third kappa shape index (κ3) is 10.3. The van der Waals surface area contributed by atoms with Crippen molar-refractivity contribution in [2.45, 2.75) is 110 Å². The summed E-state index contributed by atoms with van der Waals surface area (Å²) in [6.45, 7) is 6.61. The van der Waals surface area contributed by atoms with Gasteiger partial charge in [0, 0.05) is 12.8 Å². The van der Waals surface area contributed by atoms with Crippen LogP contribution in [0.2, 0.25) is 0 Å². The fourth-order valence-electron chi connectivity index (χ4n) is 3.76. The first-order valence-electron chi connectivity index (χ1n) is 10.7. The number of unbranched alkanes of at least 4 members (excludes halogenated alkanes) is 7. The van der Waals surface area contributed by atoms with Gasteiger partial charge in [0.15, 0.2) is 0 Å². The van der Waals surface area contributed by atoms with E-state index < -0.39 is 5.97 Å². The molecule has 1 N–H and O–H groups in total. The monoisotopic (exact) mass is 368 g/mol. The number of aliphatic carboxylic acids is 1. The Kier molecular flexibility index (Phi) is 12.7. The van der Waals surface area contributed by atoms with E-state index in [2.05, 4.69) is 32.9 Å². The average molecular weight is 369 g/mol. The van der Waals surface area contributed by atoms with Crippen LogP contribution in [0.5, 0.6) is 0 Å². The maximum Gasteiger partial charge on any atom is 0.303 e. The molecule has 1 rings (SSSR count). The molecular weight excluding hydrogens is 328 g/mol. The maximum absolute atomic E-state index is 10.6. The van der Waals surface area contributed by atoms with Crippen LogP contribution in [0.15, 0.2) is 12.2 Å². The Balaban J connectivity index is 2.37. The van der Waals surface area contributed by atoms with Gasteiger partial charge in [-0.1, -0.05) is 64.5 Å². The van der Waals surface area contributed by atoms with Gasteiger partial charge in [-0.05, 0) is 44.4 Å². The van der Waals surface area contributed by atoms with Gasteiger partial charge in [-0.2, -0.15) is 0 Å². The number of carboxylic acid groups (broad SMARTS) is 1. The van der Waals surface area contributed by atoms with E-state index in [1.165, 1.54) is 32.1 Å². The summed E-state index contributed by atoms with van der Waals surface area (Å²) >= 11 is 0. The molecule has 0 aromatic rings. The highest BCUT2D eigenvalue weighted by Gasteiger charge is 2.33. The summed E-state index contributed by atoms with van der Waals surface area (Å²) < 4.78 is 0. The SMILES string of the molecule is CCCCCC/C=C/C(C)C(CCCCCCC(=O)O)C1CC(C)OO1. The zero-order chi connectivity index (χ0) is 19.2. The molecule has 26 heavy (non-hydrogen) atoms. The van der Waals surface area contributed by atoms with Crippen LogP contribution >= 0.6 is 0 Å². The highest BCUT2D eigenvalue weighted by atomic mass is 17.2. The third-order valence-electron chi connectivity index (χ3n) is 5.40. The Hall–Kier alpha value is -0.870. The van der Waals surface area contributed by atoms with E-state index in [4.69, 9.17) is 14.9 Å². The van der Waals surface area contributed by atoms with Crippen LogP contribution in [0.3, 0.4) is 0 Å². The molecule has 0 amide bonds. The first-order valence-corrected chi connectivity index (χ1v) is 10.7. The Morgan fingerprint density at radius 1 is 1.12 bits per heavy atom. The summed E-state index contributed by atoms with van der Waals surface area (Å²) in [6.07, 6.45) is 17.9. The van der Waals surface area contributed by atoms with Crippen molar-refractivity contribution in [1.29, 1.82) is 0 Å². The van der Waals surface area contributed by atoms with Gasteiger partial charge in [0.1, 0.15) is 0 Å². The molecule has 1 aliphatic heterocycles. The minimum absolute atomic E-state index is 0.184. The number of hydrogen-bond donors (Lipinski definition) is 1. The van der Waals surface area contributed by atoms with E-state index in [0.29, 0.717) is 11.8 Å². The predicted octanol–water partition coefficient (Wildman–Crippen LogP) is 6.30. The number of allylic oxidation sites excluding steroid dienone is 2. The molecule has 1 aliphatic rings. The summed E-state index contributed by atoms with van der Waals surface area (Å²) in [5.41, 5.74) is 0. The van der Waals surface area contributed by atoms with Gasteiger partial charge in [0.25, 0.3) is 0 Å². The summed E-state index contributed by atoms with van der Waals surface area (Å²) in [7, 11) is 0. The summed E-state index contributed by atoms with van der Waals surface area (Å²) in [4.78, 5) is 21.5. The Bertz CT molecular complexity index is 394. The van der Waals surface area contributed by atoms with E-state index in [-0.39, 0.29) is 18.6 Å². The van der Waals surface area contributed by atoms with Crippen LogP contribution in [0.25, 0.3) is 0 Å². The minimum atomic E-state index is -0.689. The van der Waals surface area contributed by atoms with Gasteiger partial charge in [0.05, 0.1) is 12.2 Å². The van der Waals surface area contributed by atoms with Gasteiger partial charge < -0.3 is 5.11 Å². The van der Waals surface area contributed by atoms with Crippen molar-refractivity contribution >= 4 is 5.97 Å². The molecule has 4 nitrogen and oxygen atoms in total. The van der Waals surface area contributed by atoms with Crippen LogP contribution in [0, 0.1) is 11.8 Å². The van der Waals surface area contributed by atoms with E-state index in [9.17, 15) is 4.79 Å². The number of carboxylic acids is 1. The quantitative estimate of drug-likeness (QED) is 0.209. The normalized spacial score (nSPS) is 22.7. The molecule has 0 aromatic carbocycles. The van der Waals surface area contributed by atoms with E-state index in [1.54, 1.807) is 0 Å². The van der Waals surface area contributed by atoms with Crippen molar-refractivity contribution in [3.05, 3.63) is 12.2 Å². The van der Waals surface area contributed by atoms with Gasteiger partial charge in [-0.15, -0.1) is 0 Å². The smallest absolute Gasteiger partial charge is 0.303 e. The van der Waals surface area contributed by atoms with Gasteiger partial charge in [-0.3, -0.25) is 4.79 Å². The fourth-order valence-corrected chi connectivity index (χ4v) is 3.76. The highest BCUT2D eigenvalue weighted by molar-refractivity contribution is 5.66.